The number of benzene rings is 2. The van der Waals surface area contributed by atoms with E-state index in [1.54, 1.807) is 6.20 Å². The van der Waals surface area contributed by atoms with Crippen molar-refractivity contribution in [1.82, 2.24) is 4.98 Å². The summed E-state index contributed by atoms with van der Waals surface area (Å²) < 4.78 is 5.21. The zero-order chi connectivity index (χ0) is 20.4. The average Bonchev–Trinajstić information content (AvgIpc) is 2.75. The molecule has 1 aromatic heterocycles. The maximum atomic E-state index is 12.3. The summed E-state index contributed by atoms with van der Waals surface area (Å²) in [5, 5.41) is 1.89. The molecule has 5 nitrogen and oxygen atoms in total. The molecule has 1 aliphatic rings. The zero-order valence-electron chi connectivity index (χ0n) is 17.3. The minimum Gasteiger partial charge on any atom is -0.462 e. The highest BCUT2D eigenvalue weighted by molar-refractivity contribution is 6.07. The largest absolute Gasteiger partial charge is 0.462 e. The Bertz CT molecular complexity index is 1040. The van der Waals surface area contributed by atoms with E-state index >= 15 is 0 Å². The summed E-state index contributed by atoms with van der Waals surface area (Å²) in [5.41, 5.74) is 4.45. The molecule has 29 heavy (non-hydrogen) atoms. The molecule has 0 saturated carbocycles. The first-order chi connectivity index (χ1) is 14.1. The van der Waals surface area contributed by atoms with E-state index in [0.29, 0.717) is 12.2 Å². The summed E-state index contributed by atoms with van der Waals surface area (Å²) in [6.45, 7) is 10.2. The second kappa shape index (κ2) is 8.11. The van der Waals surface area contributed by atoms with Gasteiger partial charge in [0.25, 0.3) is 0 Å². The number of fused-ring (bicyclic) bond motifs is 1. The second-order valence-corrected chi connectivity index (χ2v) is 7.53. The number of anilines is 2. The maximum absolute atomic E-state index is 12.3. The number of hydrogen-bond donors (Lipinski definition) is 0. The van der Waals surface area contributed by atoms with Crippen LogP contribution in [0, 0.1) is 13.8 Å². The lowest BCUT2D eigenvalue weighted by atomic mass is 10.1. The van der Waals surface area contributed by atoms with Gasteiger partial charge in [0, 0.05) is 48.8 Å². The Labute approximate surface area is 171 Å². The van der Waals surface area contributed by atoms with Crippen LogP contribution in [-0.4, -0.2) is 43.7 Å². The fourth-order valence-corrected chi connectivity index (χ4v) is 4.02. The van der Waals surface area contributed by atoms with E-state index < -0.39 is 0 Å². The quantitative estimate of drug-likeness (QED) is 0.621. The molecule has 0 unspecified atom stereocenters. The van der Waals surface area contributed by atoms with E-state index in [9.17, 15) is 4.79 Å². The average molecular weight is 389 g/mol. The van der Waals surface area contributed by atoms with Gasteiger partial charge in [-0.3, -0.25) is 0 Å². The lowest BCUT2D eigenvalue weighted by Gasteiger charge is -2.38. The zero-order valence-corrected chi connectivity index (χ0v) is 17.3. The highest BCUT2D eigenvalue weighted by Gasteiger charge is 2.22. The van der Waals surface area contributed by atoms with Gasteiger partial charge in [-0.2, -0.15) is 0 Å². The van der Waals surface area contributed by atoms with Crippen LogP contribution < -0.4 is 9.80 Å². The van der Waals surface area contributed by atoms with Crippen molar-refractivity contribution in [3.8, 4) is 0 Å². The normalized spacial score (nSPS) is 14.3. The third kappa shape index (κ3) is 3.77. The molecule has 2 aromatic carbocycles. The number of aryl methyl sites for hydroxylation is 2. The Morgan fingerprint density at radius 1 is 1.00 bits per heavy atom. The number of ether oxygens (including phenoxy) is 1. The molecule has 0 radical (unpaired) electrons. The molecule has 1 saturated heterocycles. The lowest BCUT2D eigenvalue weighted by molar-refractivity contribution is 0.0528. The summed E-state index contributed by atoms with van der Waals surface area (Å²) in [7, 11) is 0. The van der Waals surface area contributed by atoms with Crippen LogP contribution in [0.5, 0.6) is 0 Å². The van der Waals surface area contributed by atoms with E-state index in [2.05, 4.69) is 46.8 Å². The van der Waals surface area contributed by atoms with Crippen LogP contribution in [0.4, 0.5) is 11.5 Å². The molecular weight excluding hydrogens is 362 g/mol. The minimum absolute atomic E-state index is 0.317. The van der Waals surface area contributed by atoms with Gasteiger partial charge in [-0.15, -0.1) is 0 Å². The van der Waals surface area contributed by atoms with Gasteiger partial charge < -0.3 is 14.5 Å². The molecule has 0 amide bonds. The first kappa shape index (κ1) is 19.2. The molecule has 0 atom stereocenters. The molecule has 0 spiro atoms. The number of piperazine rings is 1. The van der Waals surface area contributed by atoms with Gasteiger partial charge in [0.05, 0.1) is 12.2 Å². The van der Waals surface area contributed by atoms with Crippen LogP contribution in [0.3, 0.4) is 0 Å². The summed E-state index contributed by atoms with van der Waals surface area (Å²) >= 11 is 0. The fraction of sp³-hybridized carbons (Fsp3) is 0.333. The monoisotopic (exact) mass is 389 g/mol. The van der Waals surface area contributed by atoms with Gasteiger partial charge in [-0.1, -0.05) is 36.4 Å². The predicted molar refractivity (Wildman–Crippen MR) is 118 cm³/mol. The molecular formula is C24H27N3O2. The number of nitrogens with zero attached hydrogens (tertiary/aromatic N) is 3. The van der Waals surface area contributed by atoms with Crippen LogP contribution in [-0.2, 0) is 4.74 Å². The smallest absolute Gasteiger partial charge is 0.340 e. The lowest BCUT2D eigenvalue weighted by Crippen LogP contribution is -2.47. The molecule has 150 valence electrons. The molecule has 5 heteroatoms. The maximum Gasteiger partial charge on any atom is 0.340 e. The van der Waals surface area contributed by atoms with Gasteiger partial charge in [-0.05, 0) is 38.0 Å². The number of carbonyl (C=O) groups excluding carboxylic acids is 1. The van der Waals surface area contributed by atoms with E-state index in [1.165, 1.54) is 16.8 Å². The number of carbonyl (C=O) groups is 1. The van der Waals surface area contributed by atoms with Crippen molar-refractivity contribution in [1.29, 1.82) is 0 Å². The van der Waals surface area contributed by atoms with Crippen LogP contribution >= 0.6 is 0 Å². The SMILES string of the molecule is CCOC(=O)c1cnc(N2CCN(c3cc(C)ccc3C)CC2)c2ccccc12. The van der Waals surface area contributed by atoms with Crippen molar-refractivity contribution >= 4 is 28.2 Å². The Balaban J connectivity index is 1.60. The number of pyridine rings is 1. The Kier molecular flexibility index (Phi) is 5.38. The molecule has 4 rings (SSSR count). The third-order valence-corrected chi connectivity index (χ3v) is 5.55. The highest BCUT2D eigenvalue weighted by atomic mass is 16.5. The summed E-state index contributed by atoms with van der Waals surface area (Å²) in [5.74, 6) is 0.622. The Morgan fingerprint density at radius 2 is 1.69 bits per heavy atom. The predicted octanol–water partition coefficient (Wildman–Crippen LogP) is 4.35. The van der Waals surface area contributed by atoms with E-state index in [1.807, 2.05) is 31.2 Å². The third-order valence-electron chi connectivity index (χ3n) is 5.55. The second-order valence-electron chi connectivity index (χ2n) is 7.53. The van der Waals surface area contributed by atoms with Gasteiger partial charge in [-0.25, -0.2) is 9.78 Å². The molecule has 1 fully saturated rings. The van der Waals surface area contributed by atoms with Crippen molar-refractivity contribution in [3.63, 3.8) is 0 Å². The van der Waals surface area contributed by atoms with Crippen molar-refractivity contribution in [3.05, 3.63) is 65.4 Å². The molecule has 0 bridgehead atoms. The van der Waals surface area contributed by atoms with Gasteiger partial charge in [0.1, 0.15) is 5.82 Å². The van der Waals surface area contributed by atoms with Crippen molar-refractivity contribution in [2.24, 2.45) is 0 Å². The van der Waals surface area contributed by atoms with Gasteiger partial charge in [0.15, 0.2) is 0 Å². The molecule has 0 N–H and O–H groups in total. The van der Waals surface area contributed by atoms with E-state index in [-0.39, 0.29) is 5.97 Å². The first-order valence-corrected chi connectivity index (χ1v) is 10.2. The summed E-state index contributed by atoms with van der Waals surface area (Å²) in [6, 6.07) is 14.6. The Morgan fingerprint density at radius 3 is 2.41 bits per heavy atom. The first-order valence-electron chi connectivity index (χ1n) is 10.2. The highest BCUT2D eigenvalue weighted by Crippen LogP contribution is 2.30. The van der Waals surface area contributed by atoms with Crippen LogP contribution in [0.1, 0.15) is 28.4 Å². The molecule has 2 heterocycles. The summed E-state index contributed by atoms with van der Waals surface area (Å²) in [6.07, 6.45) is 1.66. The van der Waals surface area contributed by atoms with Crippen molar-refractivity contribution in [2.45, 2.75) is 20.8 Å². The fourth-order valence-electron chi connectivity index (χ4n) is 4.02. The minimum atomic E-state index is -0.317. The van der Waals surface area contributed by atoms with Crippen molar-refractivity contribution < 1.29 is 9.53 Å². The topological polar surface area (TPSA) is 45.7 Å². The van der Waals surface area contributed by atoms with E-state index in [0.717, 1.165) is 42.8 Å². The van der Waals surface area contributed by atoms with Crippen LogP contribution in [0.2, 0.25) is 0 Å². The molecule has 1 aliphatic heterocycles. The molecule has 0 aliphatic carbocycles. The van der Waals surface area contributed by atoms with Crippen LogP contribution in [0.25, 0.3) is 10.8 Å². The van der Waals surface area contributed by atoms with Crippen molar-refractivity contribution in [2.75, 3.05) is 42.6 Å². The number of hydrogen-bond acceptors (Lipinski definition) is 5. The number of aromatic nitrogens is 1. The number of esters is 1. The van der Waals surface area contributed by atoms with Gasteiger partial charge in [0.2, 0.25) is 0 Å². The summed E-state index contributed by atoms with van der Waals surface area (Å²) in [4.78, 5) is 21.8. The Hall–Kier alpha value is -3.08. The van der Waals surface area contributed by atoms with Crippen LogP contribution in [0.15, 0.2) is 48.7 Å². The van der Waals surface area contributed by atoms with Gasteiger partial charge >= 0.3 is 5.97 Å². The van der Waals surface area contributed by atoms with E-state index in [4.69, 9.17) is 4.74 Å². The standard InChI is InChI=1S/C24H27N3O2/c1-4-29-24(28)21-16-25-23(20-8-6-5-7-19(20)21)27-13-11-26(12-14-27)22-15-17(2)9-10-18(22)3/h5-10,15-16H,4,11-14H2,1-3H3. The molecule has 3 aromatic rings. The number of rotatable bonds is 4.